The highest BCUT2D eigenvalue weighted by molar-refractivity contribution is 7.89. The van der Waals surface area contributed by atoms with E-state index in [0.29, 0.717) is 11.2 Å². The Morgan fingerprint density at radius 3 is 2.47 bits per heavy atom. The van der Waals surface area contributed by atoms with E-state index in [0.717, 1.165) is 21.9 Å². The fourth-order valence-electron chi connectivity index (χ4n) is 3.46. The van der Waals surface area contributed by atoms with E-state index in [1.165, 1.54) is 17.7 Å². The lowest BCUT2D eigenvalue weighted by atomic mass is 10.0. The number of fused-ring (bicyclic) bond motifs is 3. The SMILES string of the molecule is Cc1cscc1-c1ccc2oc3cc(S(=O)(=O)N[C@H](C(=O)O)C(C)C)ccc3c2c1. The average molecular weight is 444 g/mol. The minimum absolute atomic E-state index is 0.0325. The van der Waals surface area contributed by atoms with Gasteiger partial charge in [-0.1, -0.05) is 19.9 Å². The highest BCUT2D eigenvalue weighted by Crippen LogP contribution is 2.35. The van der Waals surface area contributed by atoms with Crippen molar-refractivity contribution in [2.45, 2.75) is 31.7 Å². The van der Waals surface area contributed by atoms with Gasteiger partial charge in [-0.2, -0.15) is 16.1 Å². The summed E-state index contributed by atoms with van der Waals surface area (Å²) >= 11 is 1.65. The van der Waals surface area contributed by atoms with Gasteiger partial charge in [0.2, 0.25) is 10.0 Å². The maximum absolute atomic E-state index is 12.7. The third-order valence-electron chi connectivity index (χ3n) is 5.13. The molecule has 8 heteroatoms. The summed E-state index contributed by atoms with van der Waals surface area (Å²) in [6.45, 7) is 5.36. The van der Waals surface area contributed by atoms with Crippen LogP contribution >= 0.6 is 11.3 Å². The predicted octanol–water partition coefficient (Wildman–Crippen LogP) is 5.01. The van der Waals surface area contributed by atoms with Crippen LogP contribution in [0.2, 0.25) is 0 Å². The lowest BCUT2D eigenvalue weighted by Crippen LogP contribution is -2.44. The molecule has 0 bridgehead atoms. The molecule has 0 fully saturated rings. The summed E-state index contributed by atoms with van der Waals surface area (Å²) in [5.74, 6) is -1.61. The van der Waals surface area contributed by atoms with Gasteiger partial charge in [0, 0.05) is 16.8 Å². The van der Waals surface area contributed by atoms with Crippen molar-refractivity contribution in [1.82, 2.24) is 4.72 Å². The Bertz CT molecular complexity index is 1360. The summed E-state index contributed by atoms with van der Waals surface area (Å²) in [6, 6.07) is 9.31. The minimum atomic E-state index is -4.02. The lowest BCUT2D eigenvalue weighted by Gasteiger charge is -2.17. The summed E-state index contributed by atoms with van der Waals surface area (Å²) < 4.78 is 33.6. The van der Waals surface area contributed by atoms with Crippen LogP contribution in [0.4, 0.5) is 0 Å². The topological polar surface area (TPSA) is 96.6 Å². The van der Waals surface area contributed by atoms with Gasteiger partial charge in [0.1, 0.15) is 17.2 Å². The van der Waals surface area contributed by atoms with Crippen molar-refractivity contribution < 1.29 is 22.7 Å². The number of carboxylic acids is 1. The fraction of sp³-hybridized carbons (Fsp3) is 0.227. The van der Waals surface area contributed by atoms with Gasteiger partial charge in [-0.05, 0) is 64.6 Å². The number of hydrogen-bond acceptors (Lipinski definition) is 5. The smallest absolute Gasteiger partial charge is 0.322 e. The number of benzene rings is 2. The van der Waals surface area contributed by atoms with Crippen molar-refractivity contribution in [3.8, 4) is 11.1 Å². The normalized spacial score (nSPS) is 13.3. The van der Waals surface area contributed by atoms with Crippen LogP contribution in [0.3, 0.4) is 0 Å². The molecule has 0 aliphatic heterocycles. The second-order valence-corrected chi connectivity index (χ2v) is 10.1. The first-order valence-electron chi connectivity index (χ1n) is 9.42. The summed E-state index contributed by atoms with van der Waals surface area (Å²) in [5, 5.41) is 15.2. The molecule has 0 saturated heterocycles. The lowest BCUT2D eigenvalue weighted by molar-refractivity contribution is -0.140. The molecule has 2 aromatic carbocycles. The van der Waals surface area contributed by atoms with Gasteiger partial charge in [0.25, 0.3) is 0 Å². The molecule has 0 radical (unpaired) electrons. The van der Waals surface area contributed by atoms with Gasteiger partial charge in [-0.25, -0.2) is 8.42 Å². The summed E-state index contributed by atoms with van der Waals surface area (Å²) in [4.78, 5) is 11.4. The molecule has 4 rings (SSSR count). The number of aliphatic carboxylic acids is 1. The van der Waals surface area contributed by atoms with E-state index in [1.54, 1.807) is 31.3 Å². The highest BCUT2D eigenvalue weighted by Gasteiger charge is 2.28. The number of aryl methyl sites for hydroxylation is 1. The van der Waals surface area contributed by atoms with Gasteiger partial charge in [-0.15, -0.1) is 0 Å². The number of carboxylic acid groups (broad SMARTS) is 1. The van der Waals surface area contributed by atoms with Crippen LogP contribution < -0.4 is 4.72 Å². The zero-order chi connectivity index (χ0) is 21.6. The molecule has 0 unspecified atom stereocenters. The first-order valence-corrected chi connectivity index (χ1v) is 11.8. The molecule has 1 atom stereocenters. The molecule has 6 nitrogen and oxygen atoms in total. The number of hydrogen-bond donors (Lipinski definition) is 2. The largest absolute Gasteiger partial charge is 0.480 e. The maximum Gasteiger partial charge on any atom is 0.322 e. The second-order valence-electron chi connectivity index (χ2n) is 7.62. The number of furan rings is 1. The van der Waals surface area contributed by atoms with E-state index < -0.39 is 28.0 Å². The Morgan fingerprint density at radius 1 is 1.07 bits per heavy atom. The van der Waals surface area contributed by atoms with Gasteiger partial charge in [0.05, 0.1) is 4.90 Å². The Kier molecular flexibility index (Phi) is 5.17. The molecule has 2 aromatic heterocycles. The number of nitrogens with one attached hydrogen (secondary N) is 1. The van der Waals surface area contributed by atoms with Gasteiger partial charge < -0.3 is 9.52 Å². The van der Waals surface area contributed by atoms with Crippen molar-refractivity contribution in [3.63, 3.8) is 0 Å². The van der Waals surface area contributed by atoms with E-state index in [4.69, 9.17) is 4.42 Å². The van der Waals surface area contributed by atoms with Gasteiger partial charge in [0.15, 0.2) is 0 Å². The second kappa shape index (κ2) is 7.54. The van der Waals surface area contributed by atoms with Gasteiger partial charge >= 0.3 is 5.97 Å². The highest BCUT2D eigenvalue weighted by atomic mass is 32.2. The Labute approximate surface area is 178 Å². The number of thiophene rings is 1. The quantitative estimate of drug-likeness (QED) is 0.437. The van der Waals surface area contributed by atoms with Crippen molar-refractivity contribution in [3.05, 3.63) is 52.7 Å². The van der Waals surface area contributed by atoms with Crippen LogP contribution in [-0.2, 0) is 14.8 Å². The first kappa shape index (κ1) is 20.6. The zero-order valence-corrected chi connectivity index (χ0v) is 18.3. The van der Waals surface area contributed by atoms with Crippen molar-refractivity contribution in [2.75, 3.05) is 0 Å². The van der Waals surface area contributed by atoms with E-state index in [2.05, 4.69) is 22.4 Å². The molecular formula is C22H21NO5S2. The van der Waals surface area contributed by atoms with E-state index >= 15 is 0 Å². The first-order chi connectivity index (χ1) is 14.2. The average Bonchev–Trinajstić information content (AvgIpc) is 3.27. The molecular weight excluding hydrogens is 422 g/mol. The minimum Gasteiger partial charge on any atom is -0.480 e. The van der Waals surface area contributed by atoms with Crippen LogP contribution in [0.15, 0.2) is 56.5 Å². The molecule has 2 N–H and O–H groups in total. The van der Waals surface area contributed by atoms with Crippen LogP contribution in [0.25, 0.3) is 33.1 Å². The van der Waals surface area contributed by atoms with Crippen molar-refractivity contribution in [2.24, 2.45) is 5.92 Å². The number of carbonyl (C=O) groups is 1. The summed E-state index contributed by atoms with van der Waals surface area (Å²) in [5.41, 5.74) is 4.53. The molecule has 0 aliphatic carbocycles. The molecule has 2 heterocycles. The third kappa shape index (κ3) is 3.62. The van der Waals surface area contributed by atoms with E-state index in [-0.39, 0.29) is 4.90 Å². The Hall–Kier alpha value is -2.68. The fourth-order valence-corrected chi connectivity index (χ4v) is 5.67. The van der Waals surface area contributed by atoms with Crippen LogP contribution in [0, 0.1) is 12.8 Å². The molecule has 0 saturated carbocycles. The monoisotopic (exact) mass is 443 g/mol. The van der Waals surface area contributed by atoms with Crippen molar-refractivity contribution in [1.29, 1.82) is 0 Å². The van der Waals surface area contributed by atoms with Crippen molar-refractivity contribution >= 4 is 49.3 Å². The summed E-state index contributed by atoms with van der Waals surface area (Å²) in [6.07, 6.45) is 0. The Balaban J connectivity index is 1.77. The number of rotatable bonds is 6. The Morgan fingerprint density at radius 2 is 1.83 bits per heavy atom. The molecule has 156 valence electrons. The maximum atomic E-state index is 12.7. The zero-order valence-electron chi connectivity index (χ0n) is 16.7. The van der Waals surface area contributed by atoms with E-state index in [9.17, 15) is 18.3 Å². The van der Waals surface area contributed by atoms with Gasteiger partial charge in [-0.3, -0.25) is 4.79 Å². The number of sulfonamides is 1. The van der Waals surface area contributed by atoms with E-state index in [1.807, 2.05) is 18.2 Å². The third-order valence-corrected chi connectivity index (χ3v) is 7.43. The molecule has 30 heavy (non-hydrogen) atoms. The molecule has 0 spiro atoms. The van der Waals surface area contributed by atoms with Crippen LogP contribution in [0.5, 0.6) is 0 Å². The summed E-state index contributed by atoms with van der Waals surface area (Å²) in [7, 11) is -4.02. The van der Waals surface area contributed by atoms with Crippen LogP contribution in [0.1, 0.15) is 19.4 Å². The molecule has 0 aliphatic rings. The molecule has 0 amide bonds. The standard InChI is InChI=1S/C22H21NO5S2/c1-12(2)21(22(24)25)23-30(26,27)15-5-6-16-17-8-14(18-11-29-10-13(18)3)4-7-19(17)28-20(16)9-15/h4-12,21,23H,1-3H3,(H,24,25)/t21-/m0/s1. The van der Waals surface area contributed by atoms with Crippen LogP contribution in [-0.4, -0.2) is 25.5 Å². The molecule has 4 aromatic rings. The predicted molar refractivity (Wildman–Crippen MR) is 118 cm³/mol.